The van der Waals surface area contributed by atoms with Crippen LogP contribution in [0.25, 0.3) is 11.1 Å². The van der Waals surface area contributed by atoms with Crippen LogP contribution in [0.4, 0.5) is 0 Å². The minimum Gasteiger partial charge on any atom is -0.508 e. The lowest BCUT2D eigenvalue weighted by Crippen LogP contribution is -1.88. The van der Waals surface area contributed by atoms with E-state index in [1.165, 1.54) is 6.07 Å². The van der Waals surface area contributed by atoms with Crippen molar-refractivity contribution in [3.63, 3.8) is 0 Å². The lowest BCUT2D eigenvalue weighted by atomic mass is 10.0. The van der Waals surface area contributed by atoms with Gasteiger partial charge in [0, 0.05) is 15.6 Å². The number of phenolic OH excluding ortho intramolecular Hbond substituents is 1. The molecule has 0 fully saturated rings. The predicted molar refractivity (Wildman–Crippen MR) is 70.1 cm³/mol. The standard InChI is InChI=1S/C13H10Cl2O2/c1-17-13-3-2-9(14)7-12(13)8-4-10(15)6-11(16)5-8/h2-7,16H,1H3. The molecule has 0 aliphatic rings. The van der Waals surface area contributed by atoms with Gasteiger partial charge in [-0.3, -0.25) is 0 Å². The molecule has 0 unspecified atom stereocenters. The summed E-state index contributed by atoms with van der Waals surface area (Å²) in [6.45, 7) is 0. The van der Waals surface area contributed by atoms with E-state index >= 15 is 0 Å². The number of rotatable bonds is 2. The van der Waals surface area contributed by atoms with Gasteiger partial charge in [-0.15, -0.1) is 0 Å². The van der Waals surface area contributed by atoms with Crippen molar-refractivity contribution >= 4 is 23.2 Å². The summed E-state index contributed by atoms with van der Waals surface area (Å²) in [7, 11) is 1.58. The molecule has 2 nitrogen and oxygen atoms in total. The highest BCUT2D eigenvalue weighted by atomic mass is 35.5. The molecule has 0 radical (unpaired) electrons. The van der Waals surface area contributed by atoms with Crippen LogP contribution in [0, 0.1) is 0 Å². The Bertz CT molecular complexity index is 533. The summed E-state index contributed by atoms with van der Waals surface area (Å²) in [5.74, 6) is 0.783. The van der Waals surface area contributed by atoms with Crippen molar-refractivity contribution in [3.8, 4) is 22.6 Å². The Morgan fingerprint density at radius 1 is 1.00 bits per heavy atom. The maximum Gasteiger partial charge on any atom is 0.126 e. The molecule has 4 heteroatoms. The second-order valence-electron chi connectivity index (χ2n) is 3.54. The van der Waals surface area contributed by atoms with Gasteiger partial charge in [-0.25, -0.2) is 0 Å². The van der Waals surface area contributed by atoms with Crippen molar-refractivity contribution in [2.24, 2.45) is 0 Å². The second kappa shape index (κ2) is 4.86. The molecule has 17 heavy (non-hydrogen) atoms. The van der Waals surface area contributed by atoms with E-state index < -0.39 is 0 Å². The Kier molecular flexibility index (Phi) is 3.46. The number of halogens is 2. The number of hydrogen-bond acceptors (Lipinski definition) is 2. The zero-order valence-corrected chi connectivity index (χ0v) is 10.6. The maximum absolute atomic E-state index is 9.53. The zero-order chi connectivity index (χ0) is 12.4. The van der Waals surface area contributed by atoms with Crippen LogP contribution >= 0.6 is 23.2 Å². The first kappa shape index (κ1) is 12.1. The van der Waals surface area contributed by atoms with Crippen molar-refractivity contribution in [1.82, 2.24) is 0 Å². The number of hydrogen-bond donors (Lipinski definition) is 1. The van der Waals surface area contributed by atoms with E-state index in [1.54, 1.807) is 37.4 Å². The van der Waals surface area contributed by atoms with Crippen LogP contribution in [-0.4, -0.2) is 12.2 Å². The number of methoxy groups -OCH3 is 1. The monoisotopic (exact) mass is 268 g/mol. The minimum atomic E-state index is 0.106. The number of ether oxygens (including phenoxy) is 1. The molecular weight excluding hydrogens is 259 g/mol. The van der Waals surface area contributed by atoms with Crippen molar-refractivity contribution in [1.29, 1.82) is 0 Å². The normalized spacial score (nSPS) is 10.3. The Labute approximate surface area is 109 Å². The lowest BCUT2D eigenvalue weighted by Gasteiger charge is -2.10. The summed E-state index contributed by atoms with van der Waals surface area (Å²) < 4.78 is 5.25. The van der Waals surface area contributed by atoms with Crippen molar-refractivity contribution in [3.05, 3.63) is 46.4 Å². The third-order valence-electron chi connectivity index (χ3n) is 2.36. The molecule has 0 amide bonds. The van der Waals surface area contributed by atoms with Crippen LogP contribution in [0.2, 0.25) is 10.0 Å². The summed E-state index contributed by atoms with van der Waals surface area (Å²) in [5.41, 5.74) is 1.55. The van der Waals surface area contributed by atoms with E-state index in [0.717, 1.165) is 11.1 Å². The fourth-order valence-electron chi connectivity index (χ4n) is 1.64. The van der Waals surface area contributed by atoms with Gasteiger partial charge in [0.05, 0.1) is 7.11 Å². The lowest BCUT2D eigenvalue weighted by molar-refractivity contribution is 0.416. The molecule has 0 aliphatic carbocycles. The van der Waals surface area contributed by atoms with Crippen molar-refractivity contribution in [2.75, 3.05) is 7.11 Å². The molecule has 0 saturated carbocycles. The fraction of sp³-hybridized carbons (Fsp3) is 0.0769. The van der Waals surface area contributed by atoms with Gasteiger partial charge in [-0.05, 0) is 42.0 Å². The Hall–Kier alpha value is -1.38. The molecule has 0 aromatic heterocycles. The summed E-state index contributed by atoms with van der Waals surface area (Å²) in [6.07, 6.45) is 0. The molecule has 0 bridgehead atoms. The van der Waals surface area contributed by atoms with Gasteiger partial charge in [-0.2, -0.15) is 0 Å². The van der Waals surface area contributed by atoms with Gasteiger partial charge in [0.1, 0.15) is 11.5 Å². The quantitative estimate of drug-likeness (QED) is 0.876. The van der Waals surface area contributed by atoms with Crippen LogP contribution in [0.15, 0.2) is 36.4 Å². The van der Waals surface area contributed by atoms with Gasteiger partial charge >= 0.3 is 0 Å². The van der Waals surface area contributed by atoms with Crippen LogP contribution in [0.5, 0.6) is 11.5 Å². The van der Waals surface area contributed by atoms with Gasteiger partial charge in [-0.1, -0.05) is 23.2 Å². The first-order valence-corrected chi connectivity index (χ1v) is 5.69. The van der Waals surface area contributed by atoms with E-state index in [1.807, 2.05) is 0 Å². The Morgan fingerprint density at radius 2 is 1.76 bits per heavy atom. The zero-order valence-electron chi connectivity index (χ0n) is 9.08. The van der Waals surface area contributed by atoms with Crippen LogP contribution in [-0.2, 0) is 0 Å². The maximum atomic E-state index is 9.53. The third-order valence-corrected chi connectivity index (χ3v) is 2.81. The SMILES string of the molecule is COc1ccc(Cl)cc1-c1cc(O)cc(Cl)c1. The van der Waals surface area contributed by atoms with Gasteiger partial charge < -0.3 is 9.84 Å². The Morgan fingerprint density at radius 3 is 2.41 bits per heavy atom. The molecule has 2 aromatic rings. The number of phenols is 1. The van der Waals surface area contributed by atoms with Gasteiger partial charge in [0.2, 0.25) is 0 Å². The smallest absolute Gasteiger partial charge is 0.126 e. The summed E-state index contributed by atoms with van der Waals surface area (Å²) in [4.78, 5) is 0. The Balaban J connectivity index is 2.62. The van der Waals surface area contributed by atoms with Crippen LogP contribution in [0.1, 0.15) is 0 Å². The molecular formula is C13H10Cl2O2. The van der Waals surface area contributed by atoms with Crippen LogP contribution in [0.3, 0.4) is 0 Å². The molecule has 1 N–H and O–H groups in total. The van der Waals surface area contributed by atoms with E-state index in [0.29, 0.717) is 15.8 Å². The average molecular weight is 269 g/mol. The minimum absolute atomic E-state index is 0.106. The highest BCUT2D eigenvalue weighted by molar-refractivity contribution is 6.31. The topological polar surface area (TPSA) is 29.5 Å². The highest BCUT2D eigenvalue weighted by Crippen LogP contribution is 2.35. The molecule has 0 heterocycles. The van der Waals surface area contributed by atoms with Crippen LogP contribution < -0.4 is 4.74 Å². The average Bonchev–Trinajstić information content (AvgIpc) is 2.27. The number of aromatic hydroxyl groups is 1. The molecule has 0 saturated heterocycles. The molecule has 0 spiro atoms. The summed E-state index contributed by atoms with van der Waals surface area (Å²) >= 11 is 11.9. The second-order valence-corrected chi connectivity index (χ2v) is 4.42. The van der Waals surface area contributed by atoms with E-state index in [9.17, 15) is 5.11 Å². The molecule has 2 rings (SSSR count). The molecule has 0 atom stereocenters. The molecule has 0 aliphatic heterocycles. The van der Waals surface area contributed by atoms with E-state index in [4.69, 9.17) is 27.9 Å². The van der Waals surface area contributed by atoms with Crippen molar-refractivity contribution in [2.45, 2.75) is 0 Å². The first-order chi connectivity index (χ1) is 8.10. The number of benzene rings is 2. The summed E-state index contributed by atoms with van der Waals surface area (Å²) in [6, 6.07) is 10.1. The fourth-order valence-corrected chi connectivity index (χ4v) is 2.04. The third kappa shape index (κ3) is 2.65. The first-order valence-electron chi connectivity index (χ1n) is 4.93. The highest BCUT2D eigenvalue weighted by Gasteiger charge is 2.08. The van der Waals surface area contributed by atoms with E-state index in [2.05, 4.69) is 0 Å². The van der Waals surface area contributed by atoms with Crippen molar-refractivity contribution < 1.29 is 9.84 Å². The molecule has 2 aromatic carbocycles. The largest absolute Gasteiger partial charge is 0.508 e. The van der Waals surface area contributed by atoms with Gasteiger partial charge in [0.25, 0.3) is 0 Å². The predicted octanol–water partition coefficient (Wildman–Crippen LogP) is 4.37. The van der Waals surface area contributed by atoms with Gasteiger partial charge in [0.15, 0.2) is 0 Å². The summed E-state index contributed by atoms with van der Waals surface area (Å²) in [5, 5.41) is 10.6. The van der Waals surface area contributed by atoms with E-state index in [-0.39, 0.29) is 5.75 Å². The molecule has 88 valence electrons.